The van der Waals surface area contributed by atoms with E-state index in [1.54, 1.807) is 25.1 Å². The predicted octanol–water partition coefficient (Wildman–Crippen LogP) is 0.674. The first-order valence-corrected chi connectivity index (χ1v) is 11.0. The van der Waals surface area contributed by atoms with E-state index in [1.807, 2.05) is 0 Å². The number of phenolic OH excluding ortho intramolecular Hbond substituents is 1. The van der Waals surface area contributed by atoms with Crippen LogP contribution in [0, 0.1) is 23.7 Å². The number of primary amides is 1. The Kier molecular flexibility index (Phi) is 5.72. The Labute approximate surface area is 196 Å². The van der Waals surface area contributed by atoms with E-state index < -0.39 is 53.5 Å². The predicted molar refractivity (Wildman–Crippen MR) is 122 cm³/mol. The normalized spacial score (nSPS) is 29.1. The highest BCUT2D eigenvalue weighted by Gasteiger charge is 2.58. The molecule has 9 nitrogen and oxygen atoms in total. The Morgan fingerprint density at radius 2 is 1.94 bits per heavy atom. The van der Waals surface area contributed by atoms with Crippen molar-refractivity contribution in [2.24, 2.45) is 17.6 Å². The Hall–Kier alpha value is -3.32. The summed E-state index contributed by atoms with van der Waals surface area (Å²) in [7, 11) is 3.34. The van der Waals surface area contributed by atoms with Gasteiger partial charge in [-0.3, -0.25) is 14.5 Å². The van der Waals surface area contributed by atoms with E-state index >= 15 is 0 Å². The number of aromatic hydroxyl groups is 1. The smallest absolute Gasteiger partial charge is 0.248 e. The summed E-state index contributed by atoms with van der Waals surface area (Å²) < 4.78 is 0. The van der Waals surface area contributed by atoms with Crippen molar-refractivity contribution >= 4 is 11.7 Å². The summed E-state index contributed by atoms with van der Waals surface area (Å²) in [6.07, 6.45) is -0.848. The van der Waals surface area contributed by atoms with Crippen LogP contribution in [-0.4, -0.2) is 74.0 Å². The van der Waals surface area contributed by atoms with Crippen molar-refractivity contribution < 1.29 is 35.1 Å². The topological polar surface area (TPSA) is 165 Å². The minimum Gasteiger partial charge on any atom is -0.510 e. The average molecular weight is 469 g/mol. The second kappa shape index (κ2) is 8.17. The number of hydrogen-bond donors (Lipinski definition) is 6. The van der Waals surface area contributed by atoms with Gasteiger partial charge < -0.3 is 31.3 Å². The van der Waals surface area contributed by atoms with E-state index in [4.69, 9.17) is 5.73 Å². The number of Topliss-reactive ketones (excluding diaryl/α,β-unsaturated/α-hetero) is 1. The third kappa shape index (κ3) is 3.46. The zero-order valence-corrected chi connectivity index (χ0v) is 19.2. The summed E-state index contributed by atoms with van der Waals surface area (Å²) in [4.78, 5) is 27.2. The maximum absolute atomic E-state index is 13.5. The highest BCUT2D eigenvalue weighted by atomic mass is 16.3. The molecule has 5 atom stereocenters. The van der Waals surface area contributed by atoms with E-state index in [9.17, 15) is 35.1 Å². The Morgan fingerprint density at radius 3 is 2.53 bits per heavy atom. The third-order valence-corrected chi connectivity index (χ3v) is 7.12. The Morgan fingerprint density at radius 1 is 1.26 bits per heavy atom. The van der Waals surface area contributed by atoms with E-state index in [0.717, 1.165) is 0 Å². The minimum absolute atomic E-state index is 0.00859. The van der Waals surface area contributed by atoms with Crippen LogP contribution in [0.3, 0.4) is 0 Å². The van der Waals surface area contributed by atoms with Crippen LogP contribution < -0.4 is 5.73 Å². The molecule has 0 spiro atoms. The van der Waals surface area contributed by atoms with Crippen molar-refractivity contribution in [3.63, 3.8) is 0 Å². The van der Waals surface area contributed by atoms with Crippen LogP contribution in [0.5, 0.6) is 5.75 Å². The summed E-state index contributed by atoms with van der Waals surface area (Å²) >= 11 is 0. The van der Waals surface area contributed by atoms with Crippen LogP contribution in [-0.2, 0) is 11.2 Å². The van der Waals surface area contributed by atoms with Gasteiger partial charge >= 0.3 is 0 Å². The van der Waals surface area contributed by atoms with E-state index in [0.29, 0.717) is 11.1 Å². The second-order valence-corrected chi connectivity index (χ2v) is 9.50. The van der Waals surface area contributed by atoms with Gasteiger partial charge in [0.15, 0.2) is 5.78 Å². The number of nitrogens with two attached hydrogens (primary N) is 1. The van der Waals surface area contributed by atoms with Crippen LogP contribution in [0.15, 0.2) is 34.8 Å². The monoisotopic (exact) mass is 468 g/mol. The number of nitrogens with zero attached hydrogens (tertiary/aromatic N) is 1. The fourth-order valence-electron chi connectivity index (χ4n) is 5.63. The standard InChI is InChI=1S/C25H28N2O7/c1-11(28)4-5-12-6-7-17(29)19-14(12)8-13-9-16-20(27(2)3)21(30)15(24(26)33)10-25(16,34)23(32)18(13)22(19)31/h6-7,11,13,16,20,28-30,32,34H,8-10H2,1-3H3,(H2,26,33). The summed E-state index contributed by atoms with van der Waals surface area (Å²) in [5.41, 5.74) is 4.19. The Bertz CT molecular complexity index is 1220. The Balaban J connectivity index is 1.90. The molecule has 4 rings (SSSR count). The number of aliphatic hydroxyl groups excluding tert-OH is 3. The van der Waals surface area contributed by atoms with Gasteiger partial charge in [0.2, 0.25) is 5.91 Å². The molecule has 34 heavy (non-hydrogen) atoms. The molecule has 180 valence electrons. The molecule has 7 N–H and O–H groups in total. The van der Waals surface area contributed by atoms with Crippen molar-refractivity contribution in [3.8, 4) is 17.6 Å². The van der Waals surface area contributed by atoms with Crippen molar-refractivity contribution in [1.29, 1.82) is 0 Å². The van der Waals surface area contributed by atoms with Crippen molar-refractivity contribution in [2.45, 2.75) is 43.9 Å². The number of rotatable bonds is 2. The first-order valence-electron chi connectivity index (χ1n) is 11.0. The maximum atomic E-state index is 13.5. The number of allylic oxidation sites excluding steroid dienone is 1. The van der Waals surface area contributed by atoms with Gasteiger partial charge in [-0.05, 0) is 57.5 Å². The van der Waals surface area contributed by atoms with Crippen LogP contribution in [0.1, 0.15) is 41.3 Å². The van der Waals surface area contributed by atoms with Crippen molar-refractivity contribution in [1.82, 2.24) is 4.90 Å². The molecule has 0 fully saturated rings. The molecule has 9 heteroatoms. The fraction of sp³-hybridized carbons (Fsp3) is 0.440. The molecule has 0 heterocycles. The number of carbonyl (C=O) groups excluding carboxylic acids is 2. The number of phenols is 1. The number of amides is 1. The van der Waals surface area contributed by atoms with Crippen molar-refractivity contribution in [3.05, 3.63) is 51.5 Å². The minimum atomic E-state index is -2.00. The fourth-order valence-corrected chi connectivity index (χ4v) is 5.63. The van der Waals surface area contributed by atoms with Crippen molar-refractivity contribution in [2.75, 3.05) is 14.1 Å². The van der Waals surface area contributed by atoms with Gasteiger partial charge in [-0.15, -0.1) is 0 Å². The number of fused-ring (bicyclic) bond motifs is 3. The summed E-state index contributed by atoms with van der Waals surface area (Å²) in [5.74, 6) is 1.57. The SMILES string of the molecule is CC(O)C#Cc1ccc(O)c2c1CC1CC3C(N(C)C)C(O)=C(C(N)=O)CC3(O)C(O)=C1C2=O. The molecule has 0 saturated carbocycles. The molecule has 0 aromatic heterocycles. The lowest BCUT2D eigenvalue weighted by Crippen LogP contribution is -2.59. The number of hydrogen-bond acceptors (Lipinski definition) is 8. The summed E-state index contributed by atoms with van der Waals surface area (Å²) in [5, 5.41) is 53.7. The van der Waals surface area contributed by atoms with Gasteiger partial charge in [0.05, 0.1) is 17.2 Å². The number of carbonyl (C=O) groups is 2. The largest absolute Gasteiger partial charge is 0.510 e. The molecule has 1 aromatic rings. The van der Waals surface area contributed by atoms with Crippen LogP contribution in [0.2, 0.25) is 0 Å². The lowest BCUT2D eigenvalue weighted by Gasteiger charge is -2.51. The molecule has 0 bridgehead atoms. The van der Waals surface area contributed by atoms with Gasteiger partial charge in [-0.1, -0.05) is 11.8 Å². The van der Waals surface area contributed by atoms with E-state index in [-0.39, 0.29) is 41.1 Å². The maximum Gasteiger partial charge on any atom is 0.248 e. The molecular weight excluding hydrogens is 440 g/mol. The molecule has 5 unspecified atom stereocenters. The van der Waals surface area contributed by atoms with Gasteiger partial charge in [0, 0.05) is 23.5 Å². The molecule has 3 aliphatic rings. The van der Waals surface area contributed by atoms with Gasteiger partial charge in [0.25, 0.3) is 0 Å². The van der Waals surface area contributed by atoms with Crippen LogP contribution in [0.4, 0.5) is 0 Å². The van der Waals surface area contributed by atoms with Gasteiger partial charge in [-0.2, -0.15) is 0 Å². The first kappa shape index (κ1) is 23.8. The molecular formula is C25H28N2O7. The number of benzene rings is 1. The van der Waals surface area contributed by atoms with Gasteiger partial charge in [0.1, 0.15) is 29.0 Å². The molecule has 1 aromatic carbocycles. The average Bonchev–Trinajstić information content (AvgIpc) is 2.74. The zero-order chi connectivity index (χ0) is 25.1. The molecule has 1 amide bonds. The second-order valence-electron chi connectivity index (χ2n) is 9.50. The number of aliphatic hydroxyl groups is 4. The first-order chi connectivity index (χ1) is 15.9. The van der Waals surface area contributed by atoms with Crippen LogP contribution >= 0.6 is 0 Å². The zero-order valence-electron chi connectivity index (χ0n) is 19.2. The highest BCUT2D eigenvalue weighted by Crippen LogP contribution is 2.53. The quantitative estimate of drug-likeness (QED) is 0.345. The lowest BCUT2D eigenvalue weighted by atomic mass is 9.59. The third-order valence-electron chi connectivity index (χ3n) is 7.12. The molecule has 0 saturated heterocycles. The van der Waals surface area contributed by atoms with E-state index in [2.05, 4.69) is 11.8 Å². The summed E-state index contributed by atoms with van der Waals surface area (Å²) in [6, 6.07) is 2.08. The summed E-state index contributed by atoms with van der Waals surface area (Å²) in [6.45, 7) is 1.51. The highest BCUT2D eigenvalue weighted by molar-refractivity contribution is 6.13. The number of likely N-dealkylation sites (N-methyl/N-ethyl adjacent to an activating group) is 1. The molecule has 3 aliphatic carbocycles. The molecule has 0 radical (unpaired) electrons. The van der Waals surface area contributed by atoms with Gasteiger partial charge in [-0.25, -0.2) is 0 Å². The molecule has 0 aliphatic heterocycles. The van der Waals surface area contributed by atoms with Crippen LogP contribution in [0.25, 0.3) is 0 Å². The number of ketones is 1. The lowest BCUT2D eigenvalue weighted by molar-refractivity contribution is -0.118. The van der Waals surface area contributed by atoms with E-state index in [1.165, 1.54) is 13.0 Å².